The van der Waals surface area contributed by atoms with Crippen LogP contribution in [0.1, 0.15) is 78.7 Å². The highest BCUT2D eigenvalue weighted by atomic mass is 19.4. The number of imidazole rings is 1. The second-order valence-corrected chi connectivity index (χ2v) is 13.9. The standard InChI is InChI=1S/C36H37F3N10O3/c37-36(38,39)29-3-1-2-27(42-29)34(51)43-30-16-25-21-49(45-28(25)18-40-30)26-6-4-22(5-7-26)20-46-12-8-23(9-13-46)24-10-14-47-31(17-24)41-19-33(47)48-15-11-32(50)44-35(48)52/h1-3,10,14,16-19,21-23,26H,4-9,11-13,15,20H2,(H,43,51)(H,44,50,52). The number of hydrogen-bond acceptors (Lipinski definition) is 8. The first-order valence-corrected chi connectivity index (χ1v) is 17.6. The molecule has 2 aliphatic heterocycles. The molecule has 13 nitrogen and oxygen atoms in total. The molecule has 1 aliphatic carbocycles. The van der Waals surface area contributed by atoms with Gasteiger partial charge >= 0.3 is 12.2 Å². The van der Waals surface area contributed by atoms with Crippen molar-refractivity contribution in [3.05, 3.63) is 78.1 Å². The van der Waals surface area contributed by atoms with Gasteiger partial charge in [0.05, 0.1) is 18.4 Å². The Kier molecular flexibility index (Phi) is 8.85. The van der Waals surface area contributed by atoms with E-state index in [0.29, 0.717) is 29.7 Å². The number of anilines is 2. The summed E-state index contributed by atoms with van der Waals surface area (Å²) in [4.78, 5) is 52.9. The van der Waals surface area contributed by atoms with E-state index >= 15 is 0 Å². The summed E-state index contributed by atoms with van der Waals surface area (Å²) in [6.45, 7) is 3.49. The van der Waals surface area contributed by atoms with Crippen LogP contribution in [-0.4, -0.2) is 78.1 Å². The summed E-state index contributed by atoms with van der Waals surface area (Å²) in [5, 5.41) is 10.4. The number of nitrogens with zero attached hydrogens (tertiary/aromatic N) is 8. The minimum absolute atomic E-state index is 0.211. The second kappa shape index (κ2) is 13.6. The summed E-state index contributed by atoms with van der Waals surface area (Å²) in [6.07, 6.45) is 9.14. The van der Waals surface area contributed by atoms with Crippen molar-refractivity contribution in [2.75, 3.05) is 36.4 Å². The van der Waals surface area contributed by atoms with Gasteiger partial charge in [-0.15, -0.1) is 0 Å². The first-order chi connectivity index (χ1) is 25.1. The number of piperidine rings is 1. The number of likely N-dealkylation sites (tertiary alicyclic amines) is 1. The number of carbonyl (C=O) groups excluding carboxylic acids is 3. The highest BCUT2D eigenvalue weighted by Gasteiger charge is 2.33. The lowest BCUT2D eigenvalue weighted by Crippen LogP contribution is -2.50. The minimum Gasteiger partial charge on any atom is -0.305 e. The molecule has 0 spiro atoms. The van der Waals surface area contributed by atoms with Crippen LogP contribution in [0.25, 0.3) is 16.6 Å². The fourth-order valence-corrected chi connectivity index (χ4v) is 7.73. The molecule has 0 atom stereocenters. The molecule has 8 rings (SSSR count). The molecule has 3 aliphatic rings. The van der Waals surface area contributed by atoms with E-state index in [1.54, 1.807) is 23.4 Å². The van der Waals surface area contributed by atoms with Crippen LogP contribution < -0.4 is 15.5 Å². The van der Waals surface area contributed by atoms with Crippen LogP contribution in [0.15, 0.2) is 61.2 Å². The van der Waals surface area contributed by atoms with Gasteiger partial charge in [0.25, 0.3) is 5.91 Å². The van der Waals surface area contributed by atoms with Gasteiger partial charge in [-0.1, -0.05) is 6.07 Å². The van der Waals surface area contributed by atoms with Crippen molar-refractivity contribution in [3.8, 4) is 0 Å². The summed E-state index contributed by atoms with van der Waals surface area (Å²) in [5.74, 6) is 0.895. The summed E-state index contributed by atoms with van der Waals surface area (Å²) in [6, 6.07) is 8.94. The number of alkyl halides is 3. The maximum absolute atomic E-state index is 13.0. The normalized spacial score (nSPS) is 20.8. The third kappa shape index (κ3) is 6.94. The highest BCUT2D eigenvalue weighted by molar-refractivity contribution is 6.05. The lowest BCUT2D eigenvalue weighted by atomic mass is 9.84. The molecule has 5 aromatic rings. The molecular formula is C36H37F3N10O3. The summed E-state index contributed by atoms with van der Waals surface area (Å²) < 4.78 is 43.0. The average molecular weight is 715 g/mol. The molecule has 2 N–H and O–H groups in total. The summed E-state index contributed by atoms with van der Waals surface area (Å²) in [5.41, 5.74) is 1.25. The van der Waals surface area contributed by atoms with Crippen molar-refractivity contribution >= 4 is 46.0 Å². The van der Waals surface area contributed by atoms with Gasteiger partial charge in [0, 0.05) is 37.3 Å². The van der Waals surface area contributed by atoms with E-state index < -0.39 is 23.8 Å². The monoisotopic (exact) mass is 714 g/mol. The molecule has 4 amide bonds. The number of amides is 4. The average Bonchev–Trinajstić information content (AvgIpc) is 3.76. The Morgan fingerprint density at radius 3 is 2.54 bits per heavy atom. The minimum atomic E-state index is -4.65. The van der Waals surface area contributed by atoms with Gasteiger partial charge in [0.15, 0.2) is 0 Å². The van der Waals surface area contributed by atoms with Gasteiger partial charge in [-0.3, -0.25) is 28.9 Å². The van der Waals surface area contributed by atoms with E-state index in [1.807, 2.05) is 21.5 Å². The number of halogens is 3. The lowest BCUT2D eigenvalue weighted by Gasteiger charge is -2.36. The van der Waals surface area contributed by atoms with Crippen LogP contribution in [-0.2, 0) is 11.0 Å². The molecule has 3 fully saturated rings. The summed E-state index contributed by atoms with van der Waals surface area (Å²) >= 11 is 0. The van der Waals surface area contributed by atoms with Crippen LogP contribution in [0, 0.1) is 5.92 Å². The van der Waals surface area contributed by atoms with E-state index in [2.05, 4.69) is 42.6 Å². The molecule has 270 valence electrons. The highest BCUT2D eigenvalue weighted by Crippen LogP contribution is 2.36. The molecule has 0 bridgehead atoms. The molecule has 7 heterocycles. The summed E-state index contributed by atoms with van der Waals surface area (Å²) in [7, 11) is 0. The van der Waals surface area contributed by atoms with Gasteiger partial charge < -0.3 is 10.2 Å². The maximum atomic E-state index is 13.0. The third-order valence-corrected chi connectivity index (χ3v) is 10.5. The van der Waals surface area contributed by atoms with Gasteiger partial charge in [-0.05, 0) is 99.3 Å². The molecule has 0 unspecified atom stereocenters. The van der Waals surface area contributed by atoms with Gasteiger partial charge in [-0.25, -0.2) is 19.7 Å². The van der Waals surface area contributed by atoms with E-state index in [0.717, 1.165) is 81.3 Å². The number of aromatic nitrogens is 6. The van der Waals surface area contributed by atoms with Crippen molar-refractivity contribution < 1.29 is 27.6 Å². The smallest absolute Gasteiger partial charge is 0.305 e. The zero-order valence-electron chi connectivity index (χ0n) is 28.2. The number of carbonyl (C=O) groups is 3. The second-order valence-electron chi connectivity index (χ2n) is 13.9. The van der Waals surface area contributed by atoms with Crippen molar-refractivity contribution in [2.45, 2.75) is 63.1 Å². The zero-order valence-corrected chi connectivity index (χ0v) is 28.2. The Hall–Kier alpha value is -5.38. The van der Waals surface area contributed by atoms with E-state index in [9.17, 15) is 27.6 Å². The lowest BCUT2D eigenvalue weighted by molar-refractivity contribution is -0.141. The first-order valence-electron chi connectivity index (χ1n) is 17.6. The molecule has 16 heteroatoms. The number of urea groups is 1. The van der Waals surface area contributed by atoms with Crippen molar-refractivity contribution in [3.63, 3.8) is 0 Å². The number of nitrogens with one attached hydrogen (secondary N) is 2. The van der Waals surface area contributed by atoms with Crippen molar-refractivity contribution in [1.82, 2.24) is 39.3 Å². The van der Waals surface area contributed by atoms with Crippen LogP contribution in [0.4, 0.5) is 29.6 Å². The van der Waals surface area contributed by atoms with Crippen LogP contribution >= 0.6 is 0 Å². The first kappa shape index (κ1) is 33.7. The fraction of sp³-hybridized carbons (Fsp3) is 0.417. The van der Waals surface area contributed by atoms with E-state index in [4.69, 9.17) is 5.10 Å². The fourth-order valence-electron chi connectivity index (χ4n) is 7.73. The number of fused-ring (bicyclic) bond motifs is 2. The zero-order chi connectivity index (χ0) is 36.0. The maximum Gasteiger partial charge on any atom is 0.433 e. The number of hydrogen-bond donors (Lipinski definition) is 2. The molecule has 0 aromatic carbocycles. The molecule has 2 saturated heterocycles. The Balaban J connectivity index is 0.820. The SMILES string of the molecule is O=C1CCN(c2cnc3cc(C4CCN(CC5CCC(n6cc7cc(NC(=O)c8cccc(C(F)(F)F)n8)ncc7n6)CC5)CC4)ccn23)C(=O)N1. The molecule has 1 saturated carbocycles. The van der Waals surface area contributed by atoms with E-state index in [-0.39, 0.29) is 29.9 Å². The molecule has 0 radical (unpaired) electrons. The van der Waals surface area contributed by atoms with Gasteiger partial charge in [-0.2, -0.15) is 18.3 Å². The Morgan fingerprint density at radius 2 is 1.77 bits per heavy atom. The topological polar surface area (TPSA) is 143 Å². The van der Waals surface area contributed by atoms with Crippen molar-refractivity contribution in [2.24, 2.45) is 5.92 Å². The molecular weight excluding hydrogens is 677 g/mol. The van der Waals surface area contributed by atoms with Crippen molar-refractivity contribution in [1.29, 1.82) is 0 Å². The Morgan fingerprint density at radius 1 is 0.962 bits per heavy atom. The number of imide groups is 1. The predicted octanol–water partition coefficient (Wildman–Crippen LogP) is 5.80. The van der Waals surface area contributed by atoms with Crippen LogP contribution in [0.3, 0.4) is 0 Å². The number of rotatable bonds is 7. The van der Waals surface area contributed by atoms with Crippen LogP contribution in [0.5, 0.6) is 0 Å². The Labute approximate surface area is 296 Å². The molecule has 52 heavy (non-hydrogen) atoms. The van der Waals surface area contributed by atoms with Gasteiger partial charge in [0.2, 0.25) is 5.91 Å². The van der Waals surface area contributed by atoms with Crippen LogP contribution in [0.2, 0.25) is 0 Å². The third-order valence-electron chi connectivity index (χ3n) is 10.5. The molecule has 5 aromatic heterocycles. The van der Waals surface area contributed by atoms with Gasteiger partial charge in [0.1, 0.15) is 34.2 Å². The quantitative estimate of drug-likeness (QED) is 0.215. The number of pyridine rings is 3. The predicted molar refractivity (Wildman–Crippen MR) is 185 cm³/mol. The largest absolute Gasteiger partial charge is 0.433 e. The Bertz CT molecular complexity index is 2150. The van der Waals surface area contributed by atoms with E-state index in [1.165, 1.54) is 11.6 Å².